The number of carbonyl (C=O) groups is 1. The van der Waals surface area contributed by atoms with Gasteiger partial charge in [-0.05, 0) is 47.5 Å². The van der Waals surface area contributed by atoms with Gasteiger partial charge in [-0.25, -0.2) is 9.82 Å². The fourth-order valence-corrected chi connectivity index (χ4v) is 2.57. The number of halogens is 1. The minimum Gasteiger partial charge on any atom is -0.497 e. The second-order valence-corrected chi connectivity index (χ2v) is 5.96. The van der Waals surface area contributed by atoms with Crippen LogP contribution in [0.4, 0.5) is 4.39 Å². The first-order chi connectivity index (χ1) is 13.6. The Morgan fingerprint density at radius 3 is 2.68 bits per heavy atom. The zero-order valence-electron chi connectivity index (χ0n) is 15.1. The van der Waals surface area contributed by atoms with E-state index in [0.29, 0.717) is 12.1 Å². The molecule has 0 spiro atoms. The Bertz CT molecular complexity index is 1060. The Morgan fingerprint density at radius 2 is 1.96 bits per heavy atom. The fraction of sp³-hybridized carbons (Fsp3) is 0.0952. The molecule has 0 aliphatic heterocycles. The van der Waals surface area contributed by atoms with E-state index in [-0.39, 0.29) is 5.56 Å². The van der Waals surface area contributed by atoms with Crippen LogP contribution in [0.15, 0.2) is 76.8 Å². The van der Waals surface area contributed by atoms with Gasteiger partial charge in [-0.15, -0.1) is 0 Å². The highest BCUT2D eigenvalue weighted by atomic mass is 19.1. The van der Waals surface area contributed by atoms with Gasteiger partial charge in [0.05, 0.1) is 19.9 Å². The molecule has 1 N–H and O–H groups in total. The minimum atomic E-state index is -0.637. The van der Waals surface area contributed by atoms with E-state index in [1.807, 2.05) is 12.1 Å². The molecule has 1 aromatic heterocycles. The van der Waals surface area contributed by atoms with E-state index in [0.717, 1.165) is 11.3 Å². The van der Waals surface area contributed by atoms with Crippen molar-refractivity contribution in [3.63, 3.8) is 0 Å². The van der Waals surface area contributed by atoms with Crippen molar-refractivity contribution in [2.45, 2.75) is 6.54 Å². The number of hydrogen-bond donors (Lipinski definition) is 1. The van der Waals surface area contributed by atoms with Crippen LogP contribution >= 0.6 is 0 Å². The number of aromatic nitrogens is 1. The van der Waals surface area contributed by atoms with Crippen LogP contribution in [0.2, 0.25) is 0 Å². The number of carbonyl (C=O) groups excluding carboxylic acids is 1. The molecule has 142 valence electrons. The highest BCUT2D eigenvalue weighted by molar-refractivity contribution is 5.94. The summed E-state index contributed by atoms with van der Waals surface area (Å²) in [6.45, 7) is 0.316. The number of ether oxygens (including phenoxy) is 1. The van der Waals surface area contributed by atoms with Crippen LogP contribution in [-0.4, -0.2) is 23.8 Å². The van der Waals surface area contributed by atoms with Gasteiger partial charge in [-0.3, -0.25) is 9.59 Å². The van der Waals surface area contributed by atoms with E-state index in [1.165, 1.54) is 35.0 Å². The van der Waals surface area contributed by atoms with Crippen molar-refractivity contribution in [2.24, 2.45) is 5.10 Å². The Balaban J connectivity index is 1.72. The highest BCUT2D eigenvalue weighted by Gasteiger charge is 2.11. The van der Waals surface area contributed by atoms with Gasteiger partial charge in [0.1, 0.15) is 17.1 Å². The van der Waals surface area contributed by atoms with Gasteiger partial charge in [0.25, 0.3) is 11.5 Å². The summed E-state index contributed by atoms with van der Waals surface area (Å²) in [4.78, 5) is 24.9. The normalized spacial score (nSPS) is 10.8. The molecule has 0 unspecified atom stereocenters. The van der Waals surface area contributed by atoms with Crippen LogP contribution in [0.25, 0.3) is 0 Å². The van der Waals surface area contributed by atoms with Gasteiger partial charge in [0, 0.05) is 6.20 Å². The van der Waals surface area contributed by atoms with Gasteiger partial charge in [-0.1, -0.05) is 24.3 Å². The number of hydrazone groups is 1. The van der Waals surface area contributed by atoms with Crippen molar-refractivity contribution in [2.75, 3.05) is 7.11 Å². The topological polar surface area (TPSA) is 72.7 Å². The van der Waals surface area contributed by atoms with E-state index in [2.05, 4.69) is 10.5 Å². The lowest BCUT2D eigenvalue weighted by molar-refractivity contribution is 0.0953. The molecule has 7 heteroatoms. The molecule has 0 atom stereocenters. The molecule has 2 aromatic carbocycles. The number of nitrogens with one attached hydrogen (secondary N) is 1. The maximum atomic E-state index is 13.1. The maximum Gasteiger partial charge on any atom is 0.276 e. The quantitative estimate of drug-likeness (QED) is 0.529. The Kier molecular flexibility index (Phi) is 5.96. The molecule has 0 aliphatic rings. The lowest BCUT2D eigenvalue weighted by Gasteiger charge is -2.08. The van der Waals surface area contributed by atoms with E-state index in [4.69, 9.17) is 4.74 Å². The summed E-state index contributed by atoms with van der Waals surface area (Å²) >= 11 is 0. The molecule has 0 fully saturated rings. The van der Waals surface area contributed by atoms with Crippen LogP contribution < -0.4 is 15.7 Å². The van der Waals surface area contributed by atoms with E-state index >= 15 is 0 Å². The molecule has 1 heterocycles. The molecule has 0 bridgehead atoms. The smallest absolute Gasteiger partial charge is 0.276 e. The zero-order chi connectivity index (χ0) is 19.9. The third-order valence-corrected chi connectivity index (χ3v) is 4.01. The van der Waals surface area contributed by atoms with Crippen molar-refractivity contribution in [3.8, 4) is 5.75 Å². The monoisotopic (exact) mass is 379 g/mol. The molecular formula is C21H18FN3O3. The van der Waals surface area contributed by atoms with Crippen LogP contribution in [0.5, 0.6) is 5.75 Å². The first kappa shape index (κ1) is 19.0. The standard InChI is InChI=1S/C21H18FN3O3/c1-28-18-9-7-15(8-10-18)14-25-11-3-6-19(21(25)27)20(26)24-23-13-16-4-2-5-17(22)12-16/h2-13H,14H2,1H3,(H,24,26)/b23-13-. The summed E-state index contributed by atoms with van der Waals surface area (Å²) in [6.07, 6.45) is 2.92. The SMILES string of the molecule is COc1ccc(Cn2cccc(C(=O)N/N=C\c3cccc(F)c3)c2=O)cc1. The average Bonchev–Trinajstić information content (AvgIpc) is 2.70. The van der Waals surface area contributed by atoms with Crippen LogP contribution in [0, 0.1) is 5.82 Å². The second kappa shape index (κ2) is 8.77. The van der Waals surface area contributed by atoms with Gasteiger partial charge >= 0.3 is 0 Å². The van der Waals surface area contributed by atoms with Crippen LogP contribution in [0.3, 0.4) is 0 Å². The fourth-order valence-electron chi connectivity index (χ4n) is 2.57. The molecule has 0 saturated heterocycles. The number of methoxy groups -OCH3 is 1. The van der Waals surface area contributed by atoms with Crippen LogP contribution in [0.1, 0.15) is 21.5 Å². The maximum absolute atomic E-state index is 13.1. The summed E-state index contributed by atoms with van der Waals surface area (Å²) in [6, 6.07) is 16.1. The van der Waals surface area contributed by atoms with E-state index < -0.39 is 17.3 Å². The summed E-state index contributed by atoms with van der Waals surface area (Å²) in [5.74, 6) is -0.318. The lowest BCUT2D eigenvalue weighted by Crippen LogP contribution is -2.30. The van der Waals surface area contributed by atoms with E-state index in [1.54, 1.807) is 37.6 Å². The molecule has 28 heavy (non-hydrogen) atoms. The third kappa shape index (κ3) is 4.70. The van der Waals surface area contributed by atoms with Crippen LogP contribution in [-0.2, 0) is 6.54 Å². The van der Waals surface area contributed by atoms with Crippen molar-refractivity contribution in [3.05, 3.63) is 99.7 Å². The molecule has 0 aliphatic carbocycles. The summed E-state index contributed by atoms with van der Waals surface area (Å²) < 4.78 is 19.7. The molecule has 3 aromatic rings. The second-order valence-electron chi connectivity index (χ2n) is 5.96. The van der Waals surface area contributed by atoms with Gasteiger partial charge in [0.15, 0.2) is 0 Å². The summed E-state index contributed by atoms with van der Waals surface area (Å²) in [5, 5.41) is 3.78. The predicted molar refractivity (Wildman–Crippen MR) is 104 cm³/mol. The Morgan fingerprint density at radius 1 is 1.18 bits per heavy atom. The highest BCUT2D eigenvalue weighted by Crippen LogP contribution is 2.12. The first-order valence-corrected chi connectivity index (χ1v) is 8.48. The minimum absolute atomic E-state index is 0.0348. The average molecular weight is 379 g/mol. The van der Waals surface area contributed by atoms with Gasteiger partial charge < -0.3 is 9.30 Å². The summed E-state index contributed by atoms with van der Waals surface area (Å²) in [5.41, 5.74) is 3.21. The first-order valence-electron chi connectivity index (χ1n) is 8.48. The molecule has 1 amide bonds. The molecule has 0 radical (unpaired) electrons. The molecular weight excluding hydrogens is 361 g/mol. The predicted octanol–water partition coefficient (Wildman–Crippen LogP) is 2.81. The number of rotatable bonds is 6. The van der Waals surface area contributed by atoms with Crippen molar-refractivity contribution < 1.29 is 13.9 Å². The van der Waals surface area contributed by atoms with Crippen molar-refractivity contribution in [1.82, 2.24) is 9.99 Å². The molecule has 6 nitrogen and oxygen atoms in total. The number of pyridine rings is 1. The Labute approximate surface area is 160 Å². The number of amides is 1. The summed E-state index contributed by atoms with van der Waals surface area (Å²) in [7, 11) is 1.58. The largest absolute Gasteiger partial charge is 0.497 e. The van der Waals surface area contributed by atoms with Gasteiger partial charge in [-0.2, -0.15) is 5.10 Å². The number of nitrogens with zero attached hydrogens (tertiary/aromatic N) is 2. The number of hydrogen-bond acceptors (Lipinski definition) is 4. The zero-order valence-corrected chi connectivity index (χ0v) is 15.1. The van der Waals surface area contributed by atoms with Crippen molar-refractivity contribution >= 4 is 12.1 Å². The van der Waals surface area contributed by atoms with Gasteiger partial charge in [0.2, 0.25) is 0 Å². The molecule has 0 saturated carbocycles. The molecule has 3 rings (SSSR count). The van der Waals surface area contributed by atoms with Crippen molar-refractivity contribution in [1.29, 1.82) is 0 Å². The van der Waals surface area contributed by atoms with E-state index in [9.17, 15) is 14.0 Å². The third-order valence-electron chi connectivity index (χ3n) is 4.01. The number of benzene rings is 2. The lowest BCUT2D eigenvalue weighted by atomic mass is 10.2. The Hall–Kier alpha value is -3.74.